The number of alkyl halides is 2. The lowest BCUT2D eigenvalue weighted by molar-refractivity contribution is -0.131. The first kappa shape index (κ1) is 7.89. The predicted octanol–water partition coefficient (Wildman–Crippen LogP) is 0.000900. The van der Waals surface area contributed by atoms with Crippen molar-refractivity contribution in [1.29, 1.82) is 0 Å². The van der Waals surface area contributed by atoms with Gasteiger partial charge in [-0.1, -0.05) is 5.92 Å². The summed E-state index contributed by atoms with van der Waals surface area (Å²) < 4.78 is 22.5. The second kappa shape index (κ2) is 3.84. The molecule has 0 fully saturated rings. The molecule has 4 heteroatoms. The summed E-state index contributed by atoms with van der Waals surface area (Å²) in [5.41, 5.74) is 0. The van der Waals surface area contributed by atoms with Crippen LogP contribution in [0.25, 0.3) is 0 Å². The zero-order valence-electron chi connectivity index (χ0n) is 4.53. The number of amides is 1. The van der Waals surface area contributed by atoms with Crippen molar-refractivity contribution in [2.75, 3.05) is 6.54 Å². The van der Waals surface area contributed by atoms with Gasteiger partial charge in [0, 0.05) is 0 Å². The van der Waals surface area contributed by atoms with Gasteiger partial charge in [0.25, 0.3) is 5.91 Å². The Kier molecular flexibility index (Phi) is 3.37. The number of hydrogen-bond acceptors (Lipinski definition) is 1. The molecule has 9 heavy (non-hydrogen) atoms. The first-order chi connectivity index (χ1) is 4.18. The van der Waals surface area contributed by atoms with E-state index in [9.17, 15) is 13.6 Å². The van der Waals surface area contributed by atoms with E-state index in [2.05, 4.69) is 6.42 Å². The van der Waals surface area contributed by atoms with Crippen LogP contribution in [0.3, 0.4) is 0 Å². The molecule has 0 aliphatic rings. The van der Waals surface area contributed by atoms with Gasteiger partial charge in [0.05, 0.1) is 6.54 Å². The minimum Gasteiger partial charge on any atom is -0.340 e. The van der Waals surface area contributed by atoms with E-state index in [4.69, 9.17) is 0 Å². The molecule has 0 aromatic carbocycles. The van der Waals surface area contributed by atoms with Gasteiger partial charge in [-0.15, -0.1) is 6.42 Å². The Morgan fingerprint density at radius 1 is 1.78 bits per heavy atom. The van der Waals surface area contributed by atoms with E-state index in [1.165, 1.54) is 0 Å². The fourth-order valence-corrected chi connectivity index (χ4v) is 0.215. The molecule has 50 valence electrons. The molecule has 0 unspecified atom stereocenters. The summed E-state index contributed by atoms with van der Waals surface area (Å²) in [6.45, 7) is -0.150. The molecule has 1 N–H and O–H groups in total. The minimum absolute atomic E-state index is 0.150. The SMILES string of the molecule is C#CCNC(=O)C(F)F. The number of terminal acetylenes is 1. The number of halogens is 2. The Labute approximate surface area is 51.2 Å². The largest absolute Gasteiger partial charge is 0.340 e. The summed E-state index contributed by atoms with van der Waals surface area (Å²) in [6.07, 6.45) is 1.69. The number of carbonyl (C=O) groups is 1. The molecule has 2 nitrogen and oxygen atoms in total. The van der Waals surface area contributed by atoms with Crippen LogP contribution in [0, 0.1) is 12.3 Å². The minimum atomic E-state index is -2.97. The van der Waals surface area contributed by atoms with Crippen molar-refractivity contribution in [1.82, 2.24) is 5.32 Å². The van der Waals surface area contributed by atoms with Crippen molar-refractivity contribution in [2.24, 2.45) is 0 Å². The van der Waals surface area contributed by atoms with E-state index >= 15 is 0 Å². The zero-order chi connectivity index (χ0) is 7.28. The second-order valence-electron chi connectivity index (χ2n) is 1.22. The molecule has 0 aromatic heterocycles. The molecule has 0 atom stereocenters. The van der Waals surface area contributed by atoms with Crippen molar-refractivity contribution in [3.05, 3.63) is 0 Å². The average Bonchev–Trinajstić information content (AvgIpc) is 1.82. The standard InChI is InChI=1S/C5H5F2NO/c1-2-3-8-5(9)4(6)7/h1,4H,3H2,(H,8,9). The van der Waals surface area contributed by atoms with Crippen molar-refractivity contribution in [2.45, 2.75) is 6.43 Å². The summed E-state index contributed by atoms with van der Waals surface area (Å²) in [4.78, 5) is 9.95. The van der Waals surface area contributed by atoms with Crippen LogP contribution in [-0.2, 0) is 4.79 Å². The summed E-state index contributed by atoms with van der Waals surface area (Å²) >= 11 is 0. The summed E-state index contributed by atoms with van der Waals surface area (Å²) in [5, 5.41) is 1.81. The van der Waals surface area contributed by atoms with E-state index in [1.807, 2.05) is 5.92 Å². The Morgan fingerprint density at radius 2 is 2.33 bits per heavy atom. The van der Waals surface area contributed by atoms with Crippen molar-refractivity contribution < 1.29 is 13.6 Å². The quantitative estimate of drug-likeness (QED) is 0.528. The molecule has 0 rings (SSSR count). The second-order valence-corrected chi connectivity index (χ2v) is 1.22. The molecule has 0 saturated heterocycles. The van der Waals surface area contributed by atoms with E-state index in [0.29, 0.717) is 0 Å². The summed E-state index contributed by atoms with van der Waals surface area (Å²) in [6, 6.07) is 0. The average molecular weight is 133 g/mol. The van der Waals surface area contributed by atoms with Gasteiger partial charge in [0.15, 0.2) is 0 Å². The number of nitrogens with one attached hydrogen (secondary N) is 1. The van der Waals surface area contributed by atoms with Crippen LogP contribution in [0.2, 0.25) is 0 Å². The Hall–Kier alpha value is -1.11. The van der Waals surface area contributed by atoms with Gasteiger partial charge in [-0.05, 0) is 0 Å². The summed E-state index contributed by atoms with van der Waals surface area (Å²) in [5.74, 6) is 0.662. The van der Waals surface area contributed by atoms with Crippen LogP contribution >= 0.6 is 0 Å². The first-order valence-electron chi connectivity index (χ1n) is 2.18. The van der Waals surface area contributed by atoms with Gasteiger partial charge in [0.1, 0.15) is 0 Å². The van der Waals surface area contributed by atoms with Crippen molar-refractivity contribution in [3.63, 3.8) is 0 Å². The van der Waals surface area contributed by atoms with Crippen LogP contribution in [-0.4, -0.2) is 18.9 Å². The Balaban J connectivity index is 3.42. The lowest BCUT2D eigenvalue weighted by atomic mass is 10.6. The highest BCUT2D eigenvalue weighted by molar-refractivity contribution is 5.79. The topological polar surface area (TPSA) is 29.1 Å². The third-order valence-corrected chi connectivity index (χ3v) is 0.563. The van der Waals surface area contributed by atoms with Gasteiger partial charge in [-0.25, -0.2) is 0 Å². The van der Waals surface area contributed by atoms with Crippen LogP contribution in [0.5, 0.6) is 0 Å². The van der Waals surface area contributed by atoms with Crippen LogP contribution < -0.4 is 5.32 Å². The first-order valence-corrected chi connectivity index (χ1v) is 2.18. The van der Waals surface area contributed by atoms with Gasteiger partial charge in [0.2, 0.25) is 0 Å². The molecule has 0 radical (unpaired) electrons. The maximum absolute atomic E-state index is 11.3. The molecule has 0 aromatic rings. The molecular formula is C5H5F2NO. The van der Waals surface area contributed by atoms with Crippen molar-refractivity contribution in [3.8, 4) is 12.3 Å². The van der Waals surface area contributed by atoms with E-state index < -0.39 is 12.3 Å². The number of rotatable bonds is 2. The van der Waals surface area contributed by atoms with E-state index in [1.54, 1.807) is 5.32 Å². The van der Waals surface area contributed by atoms with Crippen LogP contribution in [0.4, 0.5) is 8.78 Å². The van der Waals surface area contributed by atoms with Gasteiger partial charge < -0.3 is 5.32 Å². The lowest BCUT2D eigenvalue weighted by Gasteiger charge is -1.96. The predicted molar refractivity (Wildman–Crippen MR) is 27.8 cm³/mol. The molecule has 1 amide bonds. The molecular weight excluding hydrogens is 128 g/mol. The Morgan fingerprint density at radius 3 is 2.67 bits per heavy atom. The third-order valence-electron chi connectivity index (χ3n) is 0.563. The monoisotopic (exact) mass is 133 g/mol. The molecule has 0 heterocycles. The fourth-order valence-electron chi connectivity index (χ4n) is 0.215. The highest BCUT2D eigenvalue weighted by Crippen LogP contribution is 1.88. The highest BCUT2D eigenvalue weighted by Gasteiger charge is 2.12. The molecule has 0 aliphatic heterocycles. The van der Waals surface area contributed by atoms with Gasteiger partial charge in [-0.2, -0.15) is 8.78 Å². The Bertz CT molecular complexity index is 138. The molecule has 0 saturated carbocycles. The normalized spacial score (nSPS) is 8.67. The van der Waals surface area contributed by atoms with Crippen LogP contribution in [0.1, 0.15) is 0 Å². The molecule has 0 spiro atoms. The van der Waals surface area contributed by atoms with E-state index in [0.717, 1.165) is 0 Å². The van der Waals surface area contributed by atoms with E-state index in [-0.39, 0.29) is 6.54 Å². The maximum atomic E-state index is 11.3. The van der Waals surface area contributed by atoms with Gasteiger partial charge in [-0.3, -0.25) is 4.79 Å². The highest BCUT2D eigenvalue weighted by atomic mass is 19.3. The number of carbonyl (C=O) groups excluding carboxylic acids is 1. The molecule has 0 aliphatic carbocycles. The van der Waals surface area contributed by atoms with Crippen LogP contribution in [0.15, 0.2) is 0 Å². The zero-order valence-corrected chi connectivity index (χ0v) is 4.53. The number of hydrogen-bond donors (Lipinski definition) is 1. The summed E-state index contributed by atoms with van der Waals surface area (Å²) in [7, 11) is 0. The molecule has 0 bridgehead atoms. The maximum Gasteiger partial charge on any atom is 0.315 e. The van der Waals surface area contributed by atoms with Gasteiger partial charge >= 0.3 is 6.43 Å². The van der Waals surface area contributed by atoms with Crippen molar-refractivity contribution >= 4 is 5.91 Å². The fraction of sp³-hybridized carbons (Fsp3) is 0.400. The smallest absolute Gasteiger partial charge is 0.315 e. The third kappa shape index (κ3) is 3.47. The lowest BCUT2D eigenvalue weighted by Crippen LogP contribution is -2.29.